The first-order valence-electron chi connectivity index (χ1n) is 8.90. The van der Waals surface area contributed by atoms with Crippen molar-refractivity contribution in [2.75, 3.05) is 0 Å². The SMILES string of the molecule is CCCCCCCCCC(NN)C1CCc2ccccc21. The Bertz CT molecular complexity index is 402. The molecule has 1 aromatic rings. The minimum Gasteiger partial charge on any atom is -0.271 e. The van der Waals surface area contributed by atoms with Crippen LogP contribution >= 0.6 is 0 Å². The number of nitrogens with one attached hydrogen (secondary N) is 1. The van der Waals surface area contributed by atoms with Crippen molar-refractivity contribution in [1.82, 2.24) is 5.43 Å². The first-order chi connectivity index (χ1) is 10.4. The maximum atomic E-state index is 5.84. The Morgan fingerprint density at radius 1 is 1.10 bits per heavy atom. The Hall–Kier alpha value is -0.860. The Morgan fingerprint density at radius 2 is 1.81 bits per heavy atom. The zero-order chi connectivity index (χ0) is 14.9. The van der Waals surface area contributed by atoms with Crippen LogP contribution in [-0.2, 0) is 6.42 Å². The summed E-state index contributed by atoms with van der Waals surface area (Å²) in [7, 11) is 0. The standard InChI is InChI=1S/C19H32N2/c1-2-3-4-5-6-7-8-13-19(21-20)18-15-14-16-11-9-10-12-17(16)18/h9-12,18-19,21H,2-8,13-15,20H2,1H3. The maximum Gasteiger partial charge on any atom is 0.0279 e. The van der Waals surface area contributed by atoms with E-state index in [0.29, 0.717) is 12.0 Å². The van der Waals surface area contributed by atoms with Crippen LogP contribution in [0, 0.1) is 0 Å². The molecule has 0 saturated heterocycles. The van der Waals surface area contributed by atoms with Gasteiger partial charge >= 0.3 is 0 Å². The van der Waals surface area contributed by atoms with Crippen molar-refractivity contribution in [3.63, 3.8) is 0 Å². The molecular formula is C19H32N2. The Kier molecular flexibility index (Phi) is 7.25. The summed E-state index contributed by atoms with van der Waals surface area (Å²) in [6, 6.07) is 9.34. The molecular weight excluding hydrogens is 256 g/mol. The van der Waals surface area contributed by atoms with Crippen LogP contribution in [0.15, 0.2) is 24.3 Å². The molecule has 0 fully saturated rings. The fraction of sp³-hybridized carbons (Fsp3) is 0.684. The monoisotopic (exact) mass is 288 g/mol. The highest BCUT2D eigenvalue weighted by Gasteiger charge is 2.28. The third kappa shape index (κ3) is 4.82. The summed E-state index contributed by atoms with van der Waals surface area (Å²) in [5, 5.41) is 0. The zero-order valence-electron chi connectivity index (χ0n) is 13.6. The van der Waals surface area contributed by atoms with E-state index in [1.807, 2.05) is 0 Å². The predicted molar refractivity (Wildman–Crippen MR) is 91.2 cm³/mol. The van der Waals surface area contributed by atoms with Crippen LogP contribution in [0.5, 0.6) is 0 Å². The lowest BCUT2D eigenvalue weighted by atomic mass is 9.90. The molecule has 1 aromatic carbocycles. The number of fused-ring (bicyclic) bond motifs is 1. The number of nitrogens with two attached hydrogens (primary N) is 1. The Balaban J connectivity index is 1.72. The van der Waals surface area contributed by atoms with E-state index in [1.54, 1.807) is 0 Å². The second-order valence-electron chi connectivity index (χ2n) is 6.53. The van der Waals surface area contributed by atoms with Gasteiger partial charge in [0.15, 0.2) is 0 Å². The average Bonchev–Trinajstić information content (AvgIpc) is 2.94. The van der Waals surface area contributed by atoms with Gasteiger partial charge in [-0.25, -0.2) is 0 Å². The summed E-state index contributed by atoms with van der Waals surface area (Å²) in [5.41, 5.74) is 6.16. The molecule has 0 saturated carbocycles. The summed E-state index contributed by atoms with van der Waals surface area (Å²) in [6.45, 7) is 2.27. The van der Waals surface area contributed by atoms with Crippen molar-refractivity contribution in [2.24, 2.45) is 5.84 Å². The van der Waals surface area contributed by atoms with E-state index in [-0.39, 0.29) is 0 Å². The second-order valence-corrected chi connectivity index (χ2v) is 6.53. The maximum absolute atomic E-state index is 5.84. The molecule has 2 atom stereocenters. The number of hydrazine groups is 1. The van der Waals surface area contributed by atoms with Crippen molar-refractivity contribution in [2.45, 2.75) is 83.1 Å². The van der Waals surface area contributed by atoms with Gasteiger partial charge in [0.25, 0.3) is 0 Å². The average molecular weight is 288 g/mol. The van der Waals surface area contributed by atoms with E-state index >= 15 is 0 Å². The highest BCUT2D eigenvalue weighted by Crippen LogP contribution is 2.36. The predicted octanol–water partition coefficient (Wildman–Crippen LogP) is 4.69. The Morgan fingerprint density at radius 3 is 2.57 bits per heavy atom. The summed E-state index contributed by atoms with van der Waals surface area (Å²) in [6.07, 6.45) is 13.3. The number of rotatable bonds is 10. The molecule has 3 N–H and O–H groups in total. The quantitative estimate of drug-likeness (QED) is 0.372. The van der Waals surface area contributed by atoms with E-state index in [2.05, 4.69) is 36.6 Å². The van der Waals surface area contributed by atoms with E-state index in [0.717, 1.165) is 0 Å². The minimum atomic E-state index is 0.448. The van der Waals surface area contributed by atoms with Crippen LogP contribution in [0.1, 0.15) is 81.8 Å². The number of unbranched alkanes of at least 4 members (excludes halogenated alkanes) is 6. The second kappa shape index (κ2) is 9.22. The van der Waals surface area contributed by atoms with Crippen molar-refractivity contribution in [3.05, 3.63) is 35.4 Å². The number of hydrogen-bond donors (Lipinski definition) is 2. The lowest BCUT2D eigenvalue weighted by molar-refractivity contribution is 0.395. The van der Waals surface area contributed by atoms with Gasteiger partial charge in [0.2, 0.25) is 0 Å². The van der Waals surface area contributed by atoms with Gasteiger partial charge < -0.3 is 0 Å². The van der Waals surface area contributed by atoms with E-state index in [1.165, 1.54) is 75.3 Å². The fourth-order valence-corrected chi connectivity index (χ4v) is 3.73. The van der Waals surface area contributed by atoms with Gasteiger partial charge in [-0.2, -0.15) is 0 Å². The molecule has 21 heavy (non-hydrogen) atoms. The summed E-state index contributed by atoms with van der Waals surface area (Å²) in [5.74, 6) is 6.46. The largest absolute Gasteiger partial charge is 0.271 e. The smallest absolute Gasteiger partial charge is 0.0279 e. The molecule has 0 radical (unpaired) electrons. The van der Waals surface area contributed by atoms with Gasteiger partial charge in [-0.1, -0.05) is 76.1 Å². The summed E-state index contributed by atoms with van der Waals surface area (Å²) in [4.78, 5) is 0. The molecule has 0 aromatic heterocycles. The fourth-order valence-electron chi connectivity index (χ4n) is 3.73. The molecule has 1 aliphatic carbocycles. The summed E-state index contributed by atoms with van der Waals surface area (Å²) < 4.78 is 0. The molecule has 0 bridgehead atoms. The third-order valence-electron chi connectivity index (χ3n) is 5.00. The van der Waals surface area contributed by atoms with Crippen LogP contribution in [0.3, 0.4) is 0 Å². The van der Waals surface area contributed by atoms with Crippen molar-refractivity contribution in [1.29, 1.82) is 0 Å². The van der Waals surface area contributed by atoms with Gasteiger partial charge in [0, 0.05) is 12.0 Å². The number of benzene rings is 1. The van der Waals surface area contributed by atoms with Crippen molar-refractivity contribution < 1.29 is 0 Å². The number of aryl methyl sites for hydroxylation is 1. The van der Waals surface area contributed by atoms with Gasteiger partial charge in [-0.3, -0.25) is 11.3 Å². The molecule has 2 rings (SSSR count). The first kappa shape index (κ1) is 16.5. The lowest BCUT2D eigenvalue weighted by Gasteiger charge is -2.23. The van der Waals surface area contributed by atoms with Gasteiger partial charge in [-0.15, -0.1) is 0 Å². The van der Waals surface area contributed by atoms with E-state index < -0.39 is 0 Å². The third-order valence-corrected chi connectivity index (χ3v) is 5.00. The summed E-state index contributed by atoms with van der Waals surface area (Å²) >= 11 is 0. The van der Waals surface area contributed by atoms with Crippen molar-refractivity contribution >= 4 is 0 Å². The molecule has 1 aliphatic rings. The first-order valence-corrected chi connectivity index (χ1v) is 8.90. The van der Waals surface area contributed by atoms with E-state index in [4.69, 9.17) is 5.84 Å². The minimum absolute atomic E-state index is 0.448. The van der Waals surface area contributed by atoms with Gasteiger partial charge in [-0.05, 0) is 30.4 Å². The molecule has 2 unspecified atom stereocenters. The normalized spacial score (nSPS) is 18.7. The molecule has 2 heteroatoms. The molecule has 2 nitrogen and oxygen atoms in total. The topological polar surface area (TPSA) is 38.0 Å². The molecule has 0 amide bonds. The molecule has 0 aliphatic heterocycles. The molecule has 0 spiro atoms. The van der Waals surface area contributed by atoms with E-state index in [9.17, 15) is 0 Å². The number of hydrogen-bond acceptors (Lipinski definition) is 2. The van der Waals surface area contributed by atoms with Gasteiger partial charge in [0.1, 0.15) is 0 Å². The highest BCUT2D eigenvalue weighted by atomic mass is 15.2. The lowest BCUT2D eigenvalue weighted by Crippen LogP contribution is -2.39. The van der Waals surface area contributed by atoms with Crippen LogP contribution in [0.25, 0.3) is 0 Å². The van der Waals surface area contributed by atoms with Crippen molar-refractivity contribution in [3.8, 4) is 0 Å². The highest BCUT2D eigenvalue weighted by molar-refractivity contribution is 5.35. The van der Waals surface area contributed by atoms with Crippen LogP contribution in [0.4, 0.5) is 0 Å². The Labute approximate surface area is 130 Å². The van der Waals surface area contributed by atoms with Gasteiger partial charge in [0.05, 0.1) is 0 Å². The van der Waals surface area contributed by atoms with Crippen LogP contribution in [0.2, 0.25) is 0 Å². The molecule has 0 heterocycles. The zero-order valence-corrected chi connectivity index (χ0v) is 13.6. The van der Waals surface area contributed by atoms with Crippen LogP contribution < -0.4 is 11.3 Å². The van der Waals surface area contributed by atoms with Crippen LogP contribution in [-0.4, -0.2) is 6.04 Å². The molecule has 118 valence electrons.